The topological polar surface area (TPSA) is 89.3 Å². The van der Waals surface area contributed by atoms with Crippen molar-refractivity contribution in [3.63, 3.8) is 0 Å². The molecule has 2 rings (SSSR count). The van der Waals surface area contributed by atoms with Gasteiger partial charge in [-0.25, -0.2) is 12.8 Å². The molecule has 0 radical (unpaired) electrons. The average Bonchev–Trinajstić information content (AvgIpc) is 2.40. The van der Waals surface area contributed by atoms with Crippen LogP contribution >= 0.6 is 0 Å². The van der Waals surface area contributed by atoms with Crippen molar-refractivity contribution in [2.24, 2.45) is 0 Å². The van der Waals surface area contributed by atoms with Gasteiger partial charge in [0.25, 0.3) is 5.69 Å². The largest absolute Gasteiger partial charge is 0.377 e. The summed E-state index contributed by atoms with van der Waals surface area (Å²) in [5.41, 5.74) is -0.114. The lowest BCUT2D eigenvalue weighted by atomic mass is 9.94. The molecule has 1 aliphatic carbocycles. The first-order valence-electron chi connectivity index (χ1n) is 6.66. The molecule has 0 amide bonds. The Morgan fingerprint density at radius 3 is 2.71 bits per heavy atom. The van der Waals surface area contributed by atoms with E-state index in [2.05, 4.69) is 5.32 Å². The second-order valence-electron chi connectivity index (χ2n) is 5.38. The van der Waals surface area contributed by atoms with Gasteiger partial charge < -0.3 is 5.32 Å². The van der Waals surface area contributed by atoms with Crippen molar-refractivity contribution in [1.29, 1.82) is 0 Å². The monoisotopic (exact) mass is 316 g/mol. The summed E-state index contributed by atoms with van der Waals surface area (Å²) in [5.74, 6) is -0.676. The van der Waals surface area contributed by atoms with Gasteiger partial charge in [0.15, 0.2) is 0 Å². The van der Waals surface area contributed by atoms with Crippen molar-refractivity contribution >= 4 is 21.2 Å². The number of hydrogen-bond donors (Lipinski definition) is 1. The first-order chi connectivity index (χ1) is 9.77. The normalized spacial score (nSPS) is 22.8. The van der Waals surface area contributed by atoms with Gasteiger partial charge in [0.1, 0.15) is 21.3 Å². The van der Waals surface area contributed by atoms with Gasteiger partial charge in [-0.3, -0.25) is 10.1 Å². The summed E-state index contributed by atoms with van der Waals surface area (Å²) >= 11 is 0. The van der Waals surface area contributed by atoms with E-state index in [0.29, 0.717) is 12.8 Å². The molecule has 0 spiro atoms. The summed E-state index contributed by atoms with van der Waals surface area (Å²) in [6.07, 6.45) is 3.71. The predicted octanol–water partition coefficient (Wildman–Crippen LogP) is 2.50. The fraction of sp³-hybridized carbons (Fsp3) is 0.538. The number of nitro benzene ring substituents is 1. The first kappa shape index (κ1) is 15.7. The number of sulfone groups is 1. The quantitative estimate of drug-likeness (QED) is 0.681. The number of benzene rings is 1. The highest BCUT2D eigenvalue weighted by Crippen LogP contribution is 2.30. The van der Waals surface area contributed by atoms with E-state index < -0.39 is 25.8 Å². The molecule has 6 nitrogen and oxygen atoms in total. The fourth-order valence-corrected chi connectivity index (χ4v) is 3.84. The van der Waals surface area contributed by atoms with Crippen LogP contribution in [0.25, 0.3) is 0 Å². The van der Waals surface area contributed by atoms with Crippen LogP contribution < -0.4 is 5.32 Å². The molecule has 8 heteroatoms. The van der Waals surface area contributed by atoms with Crippen LogP contribution in [0.3, 0.4) is 0 Å². The van der Waals surface area contributed by atoms with E-state index in [9.17, 15) is 22.9 Å². The molecule has 0 saturated heterocycles. The predicted molar refractivity (Wildman–Crippen MR) is 77.6 cm³/mol. The van der Waals surface area contributed by atoms with Gasteiger partial charge in [-0.2, -0.15) is 0 Å². The number of nitro groups is 1. The summed E-state index contributed by atoms with van der Waals surface area (Å²) in [4.78, 5) is 10.3. The standard InChI is InChI=1S/C13H17FN2O4S/c1-21(19,20)11-4-2-3-10(8-11)15-12-6-5-9(14)7-13(12)16(17)18/h5-7,10-11,15H,2-4,8H2,1H3. The molecule has 1 saturated carbocycles. The van der Waals surface area contributed by atoms with Crippen molar-refractivity contribution < 1.29 is 17.7 Å². The maximum absolute atomic E-state index is 13.1. The lowest BCUT2D eigenvalue weighted by Gasteiger charge is -2.29. The van der Waals surface area contributed by atoms with E-state index in [0.717, 1.165) is 25.0 Å². The van der Waals surface area contributed by atoms with E-state index >= 15 is 0 Å². The molecule has 0 aliphatic heterocycles. The van der Waals surface area contributed by atoms with Gasteiger partial charge in [-0.05, 0) is 31.4 Å². The maximum atomic E-state index is 13.1. The third kappa shape index (κ3) is 3.90. The van der Waals surface area contributed by atoms with Gasteiger partial charge in [-0.1, -0.05) is 6.42 Å². The number of hydrogen-bond acceptors (Lipinski definition) is 5. The van der Waals surface area contributed by atoms with Crippen molar-refractivity contribution in [1.82, 2.24) is 0 Å². The minimum Gasteiger partial charge on any atom is -0.377 e. The lowest BCUT2D eigenvalue weighted by Crippen LogP contribution is -2.34. The number of rotatable bonds is 4. The maximum Gasteiger partial charge on any atom is 0.295 e. The molecule has 2 atom stereocenters. The Hall–Kier alpha value is -1.70. The van der Waals surface area contributed by atoms with Crippen LogP contribution in [-0.2, 0) is 9.84 Å². The molecule has 1 N–H and O–H groups in total. The molecular weight excluding hydrogens is 299 g/mol. The Morgan fingerprint density at radius 1 is 1.38 bits per heavy atom. The van der Waals surface area contributed by atoms with E-state index in [1.54, 1.807) is 0 Å². The number of nitrogens with zero attached hydrogens (tertiary/aromatic N) is 1. The summed E-state index contributed by atoms with van der Waals surface area (Å²) in [6.45, 7) is 0. The molecule has 0 aromatic heterocycles. The zero-order valence-corrected chi connectivity index (χ0v) is 12.4. The van der Waals surface area contributed by atoms with E-state index in [1.807, 2.05) is 0 Å². The van der Waals surface area contributed by atoms with Gasteiger partial charge >= 0.3 is 0 Å². The highest BCUT2D eigenvalue weighted by atomic mass is 32.2. The highest BCUT2D eigenvalue weighted by molar-refractivity contribution is 7.91. The second kappa shape index (κ2) is 5.97. The van der Waals surface area contributed by atoms with Gasteiger partial charge in [0.2, 0.25) is 0 Å². The Bertz CT molecular complexity index is 648. The molecule has 21 heavy (non-hydrogen) atoms. The third-order valence-electron chi connectivity index (χ3n) is 3.75. The van der Waals surface area contributed by atoms with E-state index in [-0.39, 0.29) is 17.4 Å². The molecule has 2 unspecified atom stereocenters. The van der Waals surface area contributed by atoms with Crippen LogP contribution in [0.1, 0.15) is 25.7 Å². The Morgan fingerprint density at radius 2 is 2.10 bits per heavy atom. The van der Waals surface area contributed by atoms with Crippen LogP contribution in [0.4, 0.5) is 15.8 Å². The summed E-state index contributed by atoms with van der Waals surface area (Å²) in [7, 11) is -3.12. The molecule has 1 aromatic rings. The minimum absolute atomic E-state index is 0.164. The Labute approximate surface area is 122 Å². The van der Waals surface area contributed by atoms with Crippen LogP contribution in [0, 0.1) is 15.9 Å². The van der Waals surface area contributed by atoms with Crippen LogP contribution in [0.5, 0.6) is 0 Å². The first-order valence-corrected chi connectivity index (χ1v) is 8.62. The van der Waals surface area contributed by atoms with Gasteiger partial charge in [0, 0.05) is 12.3 Å². The summed E-state index contributed by atoms with van der Waals surface area (Å²) < 4.78 is 36.3. The average molecular weight is 316 g/mol. The molecule has 0 bridgehead atoms. The third-order valence-corrected chi connectivity index (χ3v) is 5.39. The zero-order chi connectivity index (χ0) is 15.6. The van der Waals surface area contributed by atoms with Crippen molar-refractivity contribution in [2.45, 2.75) is 37.0 Å². The van der Waals surface area contributed by atoms with E-state index in [1.165, 1.54) is 12.3 Å². The molecule has 0 heterocycles. The minimum atomic E-state index is -3.12. The van der Waals surface area contributed by atoms with Crippen molar-refractivity contribution in [3.8, 4) is 0 Å². The second-order valence-corrected chi connectivity index (χ2v) is 7.70. The van der Waals surface area contributed by atoms with E-state index in [4.69, 9.17) is 0 Å². The van der Waals surface area contributed by atoms with Crippen LogP contribution in [-0.4, -0.2) is 30.9 Å². The molecule has 1 aromatic carbocycles. The van der Waals surface area contributed by atoms with Crippen LogP contribution in [0.15, 0.2) is 18.2 Å². The van der Waals surface area contributed by atoms with Crippen molar-refractivity contribution in [2.75, 3.05) is 11.6 Å². The van der Waals surface area contributed by atoms with Crippen molar-refractivity contribution in [3.05, 3.63) is 34.1 Å². The summed E-state index contributed by atoms with van der Waals surface area (Å²) in [5, 5.41) is 13.5. The zero-order valence-electron chi connectivity index (χ0n) is 11.6. The number of nitrogens with one attached hydrogen (secondary N) is 1. The fourth-order valence-electron chi connectivity index (χ4n) is 2.66. The highest BCUT2D eigenvalue weighted by Gasteiger charge is 2.29. The number of anilines is 1. The molecule has 116 valence electrons. The van der Waals surface area contributed by atoms with Crippen LogP contribution in [0.2, 0.25) is 0 Å². The van der Waals surface area contributed by atoms with Gasteiger partial charge in [0.05, 0.1) is 16.2 Å². The molecule has 1 aliphatic rings. The Balaban J connectivity index is 2.17. The Kier molecular flexibility index (Phi) is 4.46. The smallest absolute Gasteiger partial charge is 0.295 e. The summed E-state index contributed by atoms with van der Waals surface area (Å²) in [6, 6.07) is 3.16. The molecule has 1 fully saturated rings. The van der Waals surface area contributed by atoms with Gasteiger partial charge in [-0.15, -0.1) is 0 Å². The SMILES string of the molecule is CS(=O)(=O)C1CCCC(Nc2ccc(F)cc2[N+](=O)[O-])C1. The lowest BCUT2D eigenvalue weighted by molar-refractivity contribution is -0.384. The molecular formula is C13H17FN2O4S. The number of halogens is 1.